The van der Waals surface area contributed by atoms with Gasteiger partial charge < -0.3 is 20.1 Å². The molecular formula is C21H38IN5O. The summed E-state index contributed by atoms with van der Waals surface area (Å²) >= 11 is 0. The lowest BCUT2D eigenvalue weighted by molar-refractivity contribution is 0.160. The van der Waals surface area contributed by atoms with Crippen LogP contribution in [0, 0.1) is 19.8 Å². The topological polar surface area (TPSA) is 65.7 Å². The quantitative estimate of drug-likeness (QED) is 0.353. The molecule has 0 amide bonds. The zero-order valence-corrected chi connectivity index (χ0v) is 20.1. The van der Waals surface area contributed by atoms with Crippen LogP contribution in [-0.4, -0.2) is 55.3 Å². The first-order valence-electron chi connectivity index (χ1n) is 10.8. The molecule has 3 rings (SSSR count). The number of aliphatic imine (C=N–C) groups is 1. The van der Waals surface area contributed by atoms with Gasteiger partial charge >= 0.3 is 0 Å². The highest BCUT2D eigenvalue weighted by Gasteiger charge is 2.23. The number of rotatable bonds is 6. The number of guanidine groups is 1. The average molecular weight is 503 g/mol. The Morgan fingerprint density at radius 1 is 1.14 bits per heavy atom. The second-order valence-corrected chi connectivity index (χ2v) is 8.27. The van der Waals surface area contributed by atoms with E-state index < -0.39 is 0 Å². The maximum Gasteiger partial charge on any atom is 0.191 e. The van der Waals surface area contributed by atoms with Gasteiger partial charge in [-0.15, -0.1) is 24.0 Å². The van der Waals surface area contributed by atoms with Crippen molar-refractivity contribution in [3.05, 3.63) is 17.0 Å². The first kappa shape index (κ1) is 23.4. The number of nitrogens with zero attached hydrogens (tertiary/aromatic N) is 3. The van der Waals surface area contributed by atoms with Crippen LogP contribution < -0.4 is 10.6 Å². The second kappa shape index (κ2) is 12.0. The van der Waals surface area contributed by atoms with Gasteiger partial charge in [-0.2, -0.15) is 0 Å². The summed E-state index contributed by atoms with van der Waals surface area (Å²) in [6.07, 6.45) is 10.5. The van der Waals surface area contributed by atoms with Gasteiger partial charge in [0.2, 0.25) is 0 Å². The lowest BCUT2D eigenvalue weighted by Gasteiger charge is -2.36. The number of halogens is 1. The minimum atomic E-state index is 0. The molecule has 160 valence electrons. The summed E-state index contributed by atoms with van der Waals surface area (Å²) in [5.74, 6) is 2.78. The van der Waals surface area contributed by atoms with E-state index in [2.05, 4.69) is 25.7 Å². The van der Waals surface area contributed by atoms with Crippen molar-refractivity contribution >= 4 is 29.9 Å². The molecule has 1 aliphatic heterocycles. The summed E-state index contributed by atoms with van der Waals surface area (Å²) in [6, 6.07) is 0.526. The number of nitrogens with one attached hydrogen (secondary N) is 2. The molecule has 0 spiro atoms. The van der Waals surface area contributed by atoms with Gasteiger partial charge in [0.15, 0.2) is 5.96 Å². The van der Waals surface area contributed by atoms with E-state index in [1.54, 1.807) is 0 Å². The van der Waals surface area contributed by atoms with Crippen LogP contribution in [-0.2, 0) is 6.42 Å². The summed E-state index contributed by atoms with van der Waals surface area (Å²) in [7, 11) is 1.85. The van der Waals surface area contributed by atoms with Gasteiger partial charge in [-0.25, -0.2) is 0 Å². The molecule has 0 aromatic carbocycles. The van der Waals surface area contributed by atoms with E-state index in [0.29, 0.717) is 6.04 Å². The van der Waals surface area contributed by atoms with E-state index in [9.17, 15) is 0 Å². The van der Waals surface area contributed by atoms with Crippen LogP contribution in [0.4, 0.5) is 0 Å². The fourth-order valence-electron chi connectivity index (χ4n) is 4.55. The van der Waals surface area contributed by atoms with Crippen molar-refractivity contribution in [3.63, 3.8) is 0 Å². The predicted molar refractivity (Wildman–Crippen MR) is 126 cm³/mol. The SMILES string of the molecule is CN=C(NCCc1c(C)noc1C)NC1CCN(CC2CCCCC2)CC1.I. The summed E-state index contributed by atoms with van der Waals surface area (Å²) in [5.41, 5.74) is 2.19. The molecular weight excluding hydrogens is 465 g/mol. The molecule has 2 N–H and O–H groups in total. The number of aromatic nitrogens is 1. The maximum atomic E-state index is 5.24. The molecule has 1 aromatic rings. The van der Waals surface area contributed by atoms with Crippen LogP contribution in [0.3, 0.4) is 0 Å². The average Bonchev–Trinajstić information content (AvgIpc) is 3.01. The highest BCUT2D eigenvalue weighted by Crippen LogP contribution is 2.25. The third-order valence-corrected chi connectivity index (χ3v) is 6.24. The smallest absolute Gasteiger partial charge is 0.191 e. The fourth-order valence-corrected chi connectivity index (χ4v) is 4.55. The Balaban J connectivity index is 0.00000280. The standard InChI is InChI=1S/C21H37N5O.HI/c1-16-20(17(2)27-25-16)9-12-23-21(22-3)24-19-10-13-26(14-11-19)15-18-7-5-4-6-8-18;/h18-19H,4-15H2,1-3H3,(H2,22,23,24);1H. The number of hydrogen-bond donors (Lipinski definition) is 2. The van der Waals surface area contributed by atoms with E-state index in [0.717, 1.165) is 36.3 Å². The molecule has 2 fully saturated rings. The monoisotopic (exact) mass is 503 g/mol. The molecule has 2 aliphatic rings. The van der Waals surface area contributed by atoms with Gasteiger partial charge in [0.05, 0.1) is 5.69 Å². The number of aryl methyl sites for hydroxylation is 2. The molecule has 1 aromatic heterocycles. The molecule has 1 saturated carbocycles. The minimum Gasteiger partial charge on any atom is -0.361 e. The van der Waals surface area contributed by atoms with Gasteiger partial charge in [0.25, 0.3) is 0 Å². The van der Waals surface area contributed by atoms with Crippen molar-refractivity contribution in [2.45, 2.75) is 71.3 Å². The molecule has 0 radical (unpaired) electrons. The van der Waals surface area contributed by atoms with Gasteiger partial charge in [0.1, 0.15) is 5.76 Å². The number of likely N-dealkylation sites (tertiary alicyclic amines) is 1. The molecule has 6 nitrogen and oxygen atoms in total. The Morgan fingerprint density at radius 3 is 2.46 bits per heavy atom. The predicted octanol–water partition coefficient (Wildman–Crippen LogP) is 3.66. The Hall–Kier alpha value is -0.830. The van der Waals surface area contributed by atoms with Gasteiger partial charge in [-0.3, -0.25) is 4.99 Å². The zero-order valence-electron chi connectivity index (χ0n) is 17.8. The molecule has 0 unspecified atom stereocenters. The first-order valence-corrected chi connectivity index (χ1v) is 10.8. The Morgan fingerprint density at radius 2 is 1.86 bits per heavy atom. The van der Waals surface area contributed by atoms with Crippen LogP contribution in [0.5, 0.6) is 0 Å². The van der Waals surface area contributed by atoms with Crippen LogP contribution >= 0.6 is 24.0 Å². The van der Waals surface area contributed by atoms with Crippen LogP contribution in [0.15, 0.2) is 9.52 Å². The van der Waals surface area contributed by atoms with Crippen LogP contribution in [0.25, 0.3) is 0 Å². The summed E-state index contributed by atoms with van der Waals surface area (Å²) in [6.45, 7) is 8.55. The van der Waals surface area contributed by atoms with E-state index in [1.807, 2.05) is 20.9 Å². The fraction of sp³-hybridized carbons (Fsp3) is 0.810. The highest BCUT2D eigenvalue weighted by molar-refractivity contribution is 14.0. The maximum absolute atomic E-state index is 5.24. The lowest BCUT2D eigenvalue weighted by atomic mass is 9.88. The van der Waals surface area contributed by atoms with Gasteiger partial charge in [0, 0.05) is 44.8 Å². The Kier molecular flexibility index (Phi) is 10.0. The van der Waals surface area contributed by atoms with Crippen LogP contribution in [0.2, 0.25) is 0 Å². The Labute approximate surface area is 187 Å². The molecule has 2 heterocycles. The second-order valence-electron chi connectivity index (χ2n) is 8.27. The number of hydrogen-bond acceptors (Lipinski definition) is 4. The molecule has 1 saturated heterocycles. The molecule has 0 atom stereocenters. The molecule has 0 bridgehead atoms. The summed E-state index contributed by atoms with van der Waals surface area (Å²) in [5, 5.41) is 11.1. The normalized spacial score (nSPS) is 20.0. The van der Waals surface area contributed by atoms with Crippen LogP contribution in [0.1, 0.15) is 62.0 Å². The summed E-state index contributed by atoms with van der Waals surface area (Å²) in [4.78, 5) is 7.08. The third-order valence-electron chi connectivity index (χ3n) is 6.24. The van der Waals surface area contributed by atoms with Crippen molar-refractivity contribution in [1.29, 1.82) is 0 Å². The largest absolute Gasteiger partial charge is 0.361 e. The number of piperidine rings is 1. The summed E-state index contributed by atoms with van der Waals surface area (Å²) < 4.78 is 5.24. The minimum absolute atomic E-state index is 0. The van der Waals surface area contributed by atoms with Crippen molar-refractivity contribution < 1.29 is 4.52 Å². The van der Waals surface area contributed by atoms with E-state index in [4.69, 9.17) is 4.52 Å². The van der Waals surface area contributed by atoms with Crippen molar-refractivity contribution in [2.24, 2.45) is 10.9 Å². The van der Waals surface area contributed by atoms with E-state index >= 15 is 0 Å². The van der Waals surface area contributed by atoms with Gasteiger partial charge in [-0.1, -0.05) is 24.4 Å². The van der Waals surface area contributed by atoms with Crippen molar-refractivity contribution in [1.82, 2.24) is 20.7 Å². The van der Waals surface area contributed by atoms with E-state index in [-0.39, 0.29) is 24.0 Å². The highest BCUT2D eigenvalue weighted by atomic mass is 127. The molecule has 28 heavy (non-hydrogen) atoms. The Bertz CT molecular complexity index is 584. The van der Waals surface area contributed by atoms with Crippen molar-refractivity contribution in [2.75, 3.05) is 33.2 Å². The first-order chi connectivity index (χ1) is 13.2. The van der Waals surface area contributed by atoms with Crippen molar-refractivity contribution in [3.8, 4) is 0 Å². The van der Waals surface area contributed by atoms with Gasteiger partial charge in [-0.05, 0) is 51.9 Å². The molecule has 1 aliphatic carbocycles. The lowest BCUT2D eigenvalue weighted by Crippen LogP contribution is -2.49. The molecule has 7 heteroatoms. The third kappa shape index (κ3) is 6.90. The van der Waals surface area contributed by atoms with E-state index in [1.165, 1.54) is 70.1 Å². The zero-order chi connectivity index (χ0) is 19.1.